The average molecular weight is 421 g/mol. The van der Waals surface area contributed by atoms with Crippen molar-refractivity contribution in [3.63, 3.8) is 0 Å². The predicted molar refractivity (Wildman–Crippen MR) is 119 cm³/mol. The summed E-state index contributed by atoms with van der Waals surface area (Å²) in [5.74, 6) is -0.705. The summed E-state index contributed by atoms with van der Waals surface area (Å²) in [5.41, 5.74) is 6.16. The van der Waals surface area contributed by atoms with Crippen molar-refractivity contribution >= 4 is 34.8 Å². The Morgan fingerprint density at radius 2 is 1.73 bits per heavy atom. The molecule has 0 spiro atoms. The predicted octanol–water partition coefficient (Wildman–Crippen LogP) is 4.32. The van der Waals surface area contributed by atoms with Crippen molar-refractivity contribution in [1.29, 1.82) is 0 Å². The second kappa shape index (κ2) is 8.08. The summed E-state index contributed by atoms with van der Waals surface area (Å²) >= 11 is 6.10. The zero-order valence-corrected chi connectivity index (χ0v) is 17.4. The fourth-order valence-electron chi connectivity index (χ4n) is 3.34. The standard InChI is InChI=1S/C23H21ClN4O2/c1-27(2)18-11-8-15(9-12-18)21-25-20-13-10-17(24)14-19(20)23(30)28(21)26-22(29)16-6-4-3-5-7-16/h3-14,21,25H,1-2H3,(H,26,29). The maximum Gasteiger partial charge on any atom is 0.276 e. The minimum absolute atomic E-state index is 0.336. The second-order valence-electron chi connectivity index (χ2n) is 7.20. The number of rotatable bonds is 4. The molecule has 6 nitrogen and oxygen atoms in total. The summed E-state index contributed by atoms with van der Waals surface area (Å²) in [6.07, 6.45) is -0.574. The molecule has 1 aliphatic rings. The third-order valence-corrected chi connectivity index (χ3v) is 5.20. The van der Waals surface area contributed by atoms with Gasteiger partial charge in [-0.3, -0.25) is 15.0 Å². The highest BCUT2D eigenvalue weighted by atomic mass is 35.5. The summed E-state index contributed by atoms with van der Waals surface area (Å²) in [6, 6.07) is 21.7. The molecule has 0 aliphatic carbocycles. The zero-order valence-electron chi connectivity index (χ0n) is 16.6. The fourth-order valence-corrected chi connectivity index (χ4v) is 3.52. The second-order valence-corrected chi connectivity index (χ2v) is 7.64. The Morgan fingerprint density at radius 3 is 2.40 bits per heavy atom. The molecule has 0 saturated heterocycles. The highest BCUT2D eigenvalue weighted by Crippen LogP contribution is 2.34. The van der Waals surface area contributed by atoms with E-state index in [1.54, 1.807) is 42.5 Å². The molecule has 3 aromatic carbocycles. The summed E-state index contributed by atoms with van der Waals surface area (Å²) in [5, 5.41) is 5.11. The van der Waals surface area contributed by atoms with E-state index in [1.165, 1.54) is 5.01 Å². The van der Waals surface area contributed by atoms with Gasteiger partial charge in [-0.2, -0.15) is 0 Å². The Labute approximate surface area is 180 Å². The van der Waals surface area contributed by atoms with Crippen LogP contribution in [0.2, 0.25) is 5.02 Å². The van der Waals surface area contributed by atoms with Crippen LogP contribution in [-0.4, -0.2) is 30.9 Å². The number of amides is 2. The molecule has 3 aromatic rings. The lowest BCUT2D eigenvalue weighted by Gasteiger charge is -2.38. The van der Waals surface area contributed by atoms with Gasteiger partial charge < -0.3 is 10.2 Å². The van der Waals surface area contributed by atoms with Crippen molar-refractivity contribution in [1.82, 2.24) is 10.4 Å². The molecule has 0 bridgehead atoms. The highest BCUT2D eigenvalue weighted by Gasteiger charge is 2.34. The van der Waals surface area contributed by atoms with E-state index in [4.69, 9.17) is 11.6 Å². The van der Waals surface area contributed by atoms with E-state index < -0.39 is 6.17 Å². The molecule has 4 rings (SSSR count). The molecule has 7 heteroatoms. The number of anilines is 2. The first-order valence-corrected chi connectivity index (χ1v) is 9.85. The van der Waals surface area contributed by atoms with E-state index in [9.17, 15) is 9.59 Å². The molecular formula is C23H21ClN4O2. The van der Waals surface area contributed by atoms with Crippen LogP contribution in [0.5, 0.6) is 0 Å². The van der Waals surface area contributed by atoms with Gasteiger partial charge >= 0.3 is 0 Å². The monoisotopic (exact) mass is 420 g/mol. The molecule has 2 N–H and O–H groups in total. The van der Waals surface area contributed by atoms with Gasteiger partial charge in [0.05, 0.1) is 5.56 Å². The first-order chi connectivity index (χ1) is 14.4. The normalized spacial score (nSPS) is 15.2. The van der Waals surface area contributed by atoms with E-state index in [0.29, 0.717) is 21.8 Å². The molecule has 152 valence electrons. The van der Waals surface area contributed by atoms with Crippen LogP contribution in [0, 0.1) is 0 Å². The van der Waals surface area contributed by atoms with Crippen LogP contribution >= 0.6 is 11.6 Å². The first-order valence-electron chi connectivity index (χ1n) is 9.47. The highest BCUT2D eigenvalue weighted by molar-refractivity contribution is 6.31. The van der Waals surface area contributed by atoms with Gasteiger partial charge in [0.25, 0.3) is 11.8 Å². The van der Waals surface area contributed by atoms with Gasteiger partial charge in [0, 0.05) is 36.1 Å². The van der Waals surface area contributed by atoms with Crippen molar-refractivity contribution in [2.75, 3.05) is 24.3 Å². The Balaban J connectivity index is 1.72. The van der Waals surface area contributed by atoms with E-state index in [1.807, 2.05) is 49.3 Å². The molecule has 0 fully saturated rings. The number of nitrogens with zero attached hydrogens (tertiary/aromatic N) is 2. The molecule has 30 heavy (non-hydrogen) atoms. The quantitative estimate of drug-likeness (QED) is 0.659. The number of hydrogen-bond acceptors (Lipinski definition) is 4. The molecule has 1 aliphatic heterocycles. The van der Waals surface area contributed by atoms with Gasteiger partial charge in [0.15, 0.2) is 0 Å². The Hall–Kier alpha value is -3.51. The number of carbonyl (C=O) groups is 2. The molecular weight excluding hydrogens is 400 g/mol. The van der Waals surface area contributed by atoms with Gasteiger partial charge in [-0.1, -0.05) is 41.9 Å². The van der Waals surface area contributed by atoms with Gasteiger partial charge in [0.2, 0.25) is 0 Å². The lowest BCUT2D eigenvalue weighted by atomic mass is 10.0. The van der Waals surface area contributed by atoms with E-state index in [-0.39, 0.29) is 11.8 Å². The van der Waals surface area contributed by atoms with Gasteiger partial charge in [-0.05, 0) is 48.0 Å². The maximum absolute atomic E-state index is 13.3. The van der Waals surface area contributed by atoms with Crippen LogP contribution in [0.15, 0.2) is 72.8 Å². The SMILES string of the molecule is CN(C)c1ccc(C2Nc3ccc(Cl)cc3C(=O)N2NC(=O)c2ccccc2)cc1. The van der Waals surface area contributed by atoms with Crippen molar-refractivity contribution in [2.45, 2.75) is 6.17 Å². The molecule has 1 unspecified atom stereocenters. The fraction of sp³-hybridized carbons (Fsp3) is 0.130. The number of benzene rings is 3. The summed E-state index contributed by atoms with van der Waals surface area (Å²) < 4.78 is 0. The largest absolute Gasteiger partial charge is 0.378 e. The molecule has 0 saturated carbocycles. The molecule has 0 aromatic heterocycles. The summed E-state index contributed by atoms with van der Waals surface area (Å²) in [6.45, 7) is 0. The van der Waals surface area contributed by atoms with Crippen molar-refractivity contribution in [3.05, 3.63) is 94.5 Å². The van der Waals surface area contributed by atoms with Crippen molar-refractivity contribution < 1.29 is 9.59 Å². The number of hydrazine groups is 1. The summed E-state index contributed by atoms with van der Waals surface area (Å²) in [7, 11) is 3.92. The van der Waals surface area contributed by atoms with Gasteiger partial charge in [-0.15, -0.1) is 0 Å². The van der Waals surface area contributed by atoms with Crippen molar-refractivity contribution in [2.24, 2.45) is 0 Å². The number of nitrogens with one attached hydrogen (secondary N) is 2. The minimum atomic E-state index is -0.574. The van der Waals surface area contributed by atoms with E-state index >= 15 is 0 Å². The Morgan fingerprint density at radius 1 is 1.03 bits per heavy atom. The average Bonchev–Trinajstić information content (AvgIpc) is 2.76. The lowest BCUT2D eigenvalue weighted by molar-refractivity contribution is 0.0491. The molecule has 1 atom stereocenters. The maximum atomic E-state index is 13.3. The molecule has 1 heterocycles. The third kappa shape index (κ3) is 3.82. The van der Waals surface area contributed by atoms with Gasteiger partial charge in [-0.25, -0.2) is 5.01 Å². The third-order valence-electron chi connectivity index (χ3n) is 4.96. The molecule has 2 amide bonds. The lowest BCUT2D eigenvalue weighted by Crippen LogP contribution is -2.52. The number of hydrogen-bond donors (Lipinski definition) is 2. The number of halogens is 1. The van der Waals surface area contributed by atoms with Crippen molar-refractivity contribution in [3.8, 4) is 0 Å². The van der Waals surface area contributed by atoms with E-state index in [2.05, 4.69) is 10.7 Å². The van der Waals surface area contributed by atoms with Crippen LogP contribution in [0.1, 0.15) is 32.4 Å². The first kappa shape index (κ1) is 19.8. The summed E-state index contributed by atoms with van der Waals surface area (Å²) in [4.78, 5) is 28.1. The number of carbonyl (C=O) groups excluding carboxylic acids is 2. The van der Waals surface area contributed by atoms with Crippen LogP contribution in [0.25, 0.3) is 0 Å². The van der Waals surface area contributed by atoms with Crippen LogP contribution < -0.4 is 15.6 Å². The smallest absolute Gasteiger partial charge is 0.276 e. The zero-order chi connectivity index (χ0) is 21.3. The van der Waals surface area contributed by atoms with Crippen LogP contribution in [0.3, 0.4) is 0 Å². The number of fused-ring (bicyclic) bond motifs is 1. The Kier molecular flexibility index (Phi) is 5.33. The van der Waals surface area contributed by atoms with E-state index in [0.717, 1.165) is 11.3 Å². The molecule has 0 radical (unpaired) electrons. The minimum Gasteiger partial charge on any atom is -0.378 e. The van der Waals surface area contributed by atoms with Crippen LogP contribution in [-0.2, 0) is 0 Å². The van der Waals surface area contributed by atoms with Gasteiger partial charge in [0.1, 0.15) is 6.17 Å². The van der Waals surface area contributed by atoms with Crippen LogP contribution in [0.4, 0.5) is 11.4 Å². The topological polar surface area (TPSA) is 64.7 Å². The Bertz CT molecular complexity index is 1080.